The average molecular weight is 628 g/mol. The number of anilines is 1. The van der Waals surface area contributed by atoms with Gasteiger partial charge in [0.25, 0.3) is 0 Å². The number of halogens is 1. The molecule has 1 aliphatic rings. The third kappa shape index (κ3) is 8.87. The van der Waals surface area contributed by atoms with Crippen molar-refractivity contribution in [1.82, 2.24) is 10.2 Å². The first kappa shape index (κ1) is 32.2. The van der Waals surface area contributed by atoms with Gasteiger partial charge in [0.2, 0.25) is 28.6 Å². The standard InChI is InChI=1S/C32H38ClN3O6S/c1-4-23(2)34-32(38)28(19-24-9-6-5-7-10-24)35(21-25-12-14-26(33)15-13-25)31(37)11-8-18-36(43(3,39)40)27-16-17-29-30(20-27)42-22-41-29/h5-7,9-10,12-17,20,23,28H,4,8,11,18-19,21-22H2,1-3H3,(H,34,38)/t23-,28+/m1/s1. The van der Waals surface area contributed by atoms with Gasteiger partial charge >= 0.3 is 0 Å². The highest BCUT2D eigenvalue weighted by atomic mass is 35.5. The zero-order valence-electron chi connectivity index (χ0n) is 24.7. The summed E-state index contributed by atoms with van der Waals surface area (Å²) in [5, 5.41) is 3.62. The third-order valence-electron chi connectivity index (χ3n) is 7.33. The second-order valence-corrected chi connectivity index (χ2v) is 13.0. The maximum absolute atomic E-state index is 13.9. The maximum atomic E-state index is 13.9. The molecule has 0 bridgehead atoms. The quantitative estimate of drug-likeness (QED) is 0.264. The summed E-state index contributed by atoms with van der Waals surface area (Å²) < 4.78 is 37.5. The van der Waals surface area contributed by atoms with Crippen molar-refractivity contribution in [2.75, 3.05) is 23.9 Å². The highest BCUT2D eigenvalue weighted by molar-refractivity contribution is 7.92. The first-order valence-corrected chi connectivity index (χ1v) is 16.5. The molecule has 1 aliphatic heterocycles. The molecule has 0 aliphatic carbocycles. The van der Waals surface area contributed by atoms with Gasteiger partial charge in [0.05, 0.1) is 11.9 Å². The second kappa shape index (κ2) is 14.6. The fraction of sp³-hybridized carbons (Fsp3) is 0.375. The minimum atomic E-state index is -3.66. The summed E-state index contributed by atoms with van der Waals surface area (Å²) in [6.45, 7) is 4.26. The van der Waals surface area contributed by atoms with Crippen LogP contribution in [0.1, 0.15) is 44.2 Å². The molecule has 230 valence electrons. The molecule has 2 amide bonds. The Bertz CT molecular complexity index is 1500. The zero-order valence-corrected chi connectivity index (χ0v) is 26.2. The number of amides is 2. The van der Waals surface area contributed by atoms with E-state index in [4.69, 9.17) is 21.1 Å². The SMILES string of the molecule is CC[C@@H](C)NC(=O)[C@H](Cc1ccccc1)N(Cc1ccc(Cl)cc1)C(=O)CCCN(c1ccc2c(c1)OCO2)S(C)(=O)=O. The molecule has 0 aromatic heterocycles. The zero-order chi connectivity index (χ0) is 31.0. The minimum Gasteiger partial charge on any atom is -0.454 e. The monoisotopic (exact) mass is 627 g/mol. The fourth-order valence-corrected chi connectivity index (χ4v) is 5.91. The van der Waals surface area contributed by atoms with Crippen LogP contribution in [0.3, 0.4) is 0 Å². The van der Waals surface area contributed by atoms with Gasteiger partial charge in [0, 0.05) is 43.1 Å². The average Bonchev–Trinajstić information content (AvgIpc) is 3.46. The lowest BCUT2D eigenvalue weighted by Gasteiger charge is -2.32. The van der Waals surface area contributed by atoms with Crippen molar-refractivity contribution >= 4 is 39.1 Å². The van der Waals surface area contributed by atoms with Crippen LogP contribution < -0.4 is 19.1 Å². The van der Waals surface area contributed by atoms with E-state index in [1.165, 1.54) is 4.31 Å². The summed E-state index contributed by atoms with van der Waals surface area (Å²) in [7, 11) is -3.66. The summed E-state index contributed by atoms with van der Waals surface area (Å²) in [6.07, 6.45) is 2.47. The molecule has 9 nitrogen and oxygen atoms in total. The number of carbonyl (C=O) groups is 2. The van der Waals surface area contributed by atoms with Crippen molar-refractivity contribution < 1.29 is 27.5 Å². The van der Waals surface area contributed by atoms with E-state index in [-0.39, 0.29) is 50.6 Å². The van der Waals surface area contributed by atoms with Crippen molar-refractivity contribution in [1.29, 1.82) is 0 Å². The molecular weight excluding hydrogens is 590 g/mol. The molecule has 1 N–H and O–H groups in total. The van der Waals surface area contributed by atoms with Crippen LogP contribution in [0.2, 0.25) is 5.02 Å². The highest BCUT2D eigenvalue weighted by Crippen LogP contribution is 2.36. The van der Waals surface area contributed by atoms with Crippen LogP contribution in [0.4, 0.5) is 5.69 Å². The smallest absolute Gasteiger partial charge is 0.243 e. The molecular formula is C32H38ClN3O6S. The van der Waals surface area contributed by atoms with E-state index in [0.717, 1.165) is 23.8 Å². The largest absolute Gasteiger partial charge is 0.454 e. The molecule has 0 spiro atoms. The Labute approximate surface area is 258 Å². The molecule has 43 heavy (non-hydrogen) atoms. The van der Waals surface area contributed by atoms with Crippen LogP contribution in [-0.4, -0.2) is 56.8 Å². The van der Waals surface area contributed by atoms with Crippen LogP contribution in [0.25, 0.3) is 0 Å². The van der Waals surface area contributed by atoms with E-state index < -0.39 is 16.1 Å². The summed E-state index contributed by atoms with van der Waals surface area (Å²) >= 11 is 6.11. The molecule has 2 atom stereocenters. The summed E-state index contributed by atoms with van der Waals surface area (Å²) in [5.41, 5.74) is 2.17. The Morgan fingerprint density at radius 1 is 0.977 bits per heavy atom. The van der Waals surface area contributed by atoms with Crippen LogP contribution in [0, 0.1) is 0 Å². The minimum absolute atomic E-state index is 0.0338. The van der Waals surface area contributed by atoms with Crippen LogP contribution in [0.15, 0.2) is 72.8 Å². The molecule has 11 heteroatoms. The highest BCUT2D eigenvalue weighted by Gasteiger charge is 2.31. The van der Waals surface area contributed by atoms with Crippen LogP contribution >= 0.6 is 11.6 Å². The van der Waals surface area contributed by atoms with Gasteiger partial charge in [0.15, 0.2) is 11.5 Å². The van der Waals surface area contributed by atoms with E-state index in [9.17, 15) is 18.0 Å². The topological polar surface area (TPSA) is 105 Å². The van der Waals surface area contributed by atoms with E-state index in [1.807, 2.05) is 56.3 Å². The number of fused-ring (bicyclic) bond motifs is 1. The van der Waals surface area contributed by atoms with E-state index in [2.05, 4.69) is 5.32 Å². The first-order chi connectivity index (χ1) is 20.5. The first-order valence-electron chi connectivity index (χ1n) is 14.3. The van der Waals surface area contributed by atoms with Crippen molar-refractivity contribution in [2.45, 2.75) is 58.2 Å². The number of ether oxygens (including phenoxy) is 2. The van der Waals surface area contributed by atoms with E-state index in [0.29, 0.717) is 28.6 Å². The van der Waals surface area contributed by atoms with Gasteiger partial charge in [-0.1, -0.05) is 61.0 Å². The molecule has 0 fully saturated rings. The number of nitrogens with one attached hydrogen (secondary N) is 1. The van der Waals surface area contributed by atoms with Crippen molar-refractivity contribution in [3.8, 4) is 11.5 Å². The van der Waals surface area contributed by atoms with Crippen molar-refractivity contribution in [3.63, 3.8) is 0 Å². The molecule has 3 aromatic carbocycles. The molecule has 4 rings (SSSR count). The Morgan fingerprint density at radius 3 is 2.35 bits per heavy atom. The van der Waals surface area contributed by atoms with Crippen molar-refractivity contribution in [3.05, 3.63) is 88.9 Å². The number of rotatable bonds is 14. The molecule has 1 heterocycles. The Hall–Kier alpha value is -3.76. The molecule has 0 saturated heterocycles. The maximum Gasteiger partial charge on any atom is 0.243 e. The molecule has 0 radical (unpaired) electrons. The Balaban J connectivity index is 1.58. The van der Waals surface area contributed by atoms with Gasteiger partial charge in [-0.25, -0.2) is 8.42 Å². The Kier molecular flexibility index (Phi) is 10.9. The predicted octanol–water partition coefficient (Wildman–Crippen LogP) is 5.17. The van der Waals surface area contributed by atoms with E-state index in [1.54, 1.807) is 35.2 Å². The number of benzene rings is 3. The summed E-state index contributed by atoms with van der Waals surface area (Å²) in [5.74, 6) is 0.519. The predicted molar refractivity (Wildman–Crippen MR) is 168 cm³/mol. The lowest BCUT2D eigenvalue weighted by atomic mass is 10.0. The fourth-order valence-electron chi connectivity index (χ4n) is 4.83. The number of nitrogens with zero attached hydrogens (tertiary/aromatic N) is 2. The van der Waals surface area contributed by atoms with Crippen LogP contribution in [-0.2, 0) is 32.6 Å². The molecule has 0 unspecified atom stereocenters. The molecule has 3 aromatic rings. The summed E-state index contributed by atoms with van der Waals surface area (Å²) in [6, 6.07) is 20.8. The van der Waals surface area contributed by atoms with Gasteiger partial charge in [-0.05, 0) is 55.2 Å². The molecule has 0 saturated carbocycles. The number of hydrogen-bond acceptors (Lipinski definition) is 6. The third-order valence-corrected chi connectivity index (χ3v) is 8.78. The summed E-state index contributed by atoms with van der Waals surface area (Å²) in [4.78, 5) is 29.2. The normalized spacial score (nSPS) is 13.7. The van der Waals surface area contributed by atoms with E-state index >= 15 is 0 Å². The van der Waals surface area contributed by atoms with Crippen molar-refractivity contribution in [2.24, 2.45) is 0 Å². The van der Waals surface area contributed by atoms with Gasteiger partial charge in [-0.15, -0.1) is 0 Å². The van der Waals surface area contributed by atoms with Crippen LogP contribution in [0.5, 0.6) is 11.5 Å². The van der Waals surface area contributed by atoms with Gasteiger partial charge in [-0.3, -0.25) is 13.9 Å². The lowest BCUT2D eigenvalue weighted by Crippen LogP contribution is -2.52. The number of hydrogen-bond donors (Lipinski definition) is 1. The second-order valence-electron chi connectivity index (χ2n) is 10.6. The van der Waals surface area contributed by atoms with Gasteiger partial charge < -0.3 is 19.7 Å². The number of sulfonamides is 1. The van der Waals surface area contributed by atoms with Gasteiger partial charge in [-0.2, -0.15) is 0 Å². The Morgan fingerprint density at radius 2 is 1.67 bits per heavy atom. The lowest BCUT2D eigenvalue weighted by molar-refractivity contribution is -0.141. The number of carbonyl (C=O) groups excluding carboxylic acids is 2. The van der Waals surface area contributed by atoms with Gasteiger partial charge in [0.1, 0.15) is 6.04 Å².